The summed E-state index contributed by atoms with van der Waals surface area (Å²) in [6.45, 7) is 4.27. The van der Waals surface area contributed by atoms with Gasteiger partial charge >= 0.3 is 0 Å². The Morgan fingerprint density at radius 3 is 2.53 bits per heavy atom. The van der Waals surface area contributed by atoms with E-state index in [0.717, 1.165) is 11.3 Å². The summed E-state index contributed by atoms with van der Waals surface area (Å²) in [6.07, 6.45) is 0. The molecule has 164 valence electrons. The molecular weight excluding hydrogens is 505 g/mol. The smallest absolute Gasteiger partial charge is 0.196 e. The molecule has 0 fully saturated rings. The number of aromatic nitrogens is 3. The maximum atomic E-state index is 12.7. The van der Waals surface area contributed by atoms with Gasteiger partial charge in [-0.05, 0) is 47.9 Å². The number of para-hydroxylation sites is 1. The van der Waals surface area contributed by atoms with E-state index in [1.807, 2.05) is 28.8 Å². The normalized spacial score (nSPS) is 11.3. The van der Waals surface area contributed by atoms with Gasteiger partial charge in [-0.3, -0.25) is 9.36 Å². The molecule has 0 radical (unpaired) electrons. The summed E-state index contributed by atoms with van der Waals surface area (Å²) in [4.78, 5) is 13.3. The van der Waals surface area contributed by atoms with Crippen molar-refractivity contribution in [3.8, 4) is 17.1 Å². The molecule has 0 amide bonds. The summed E-state index contributed by atoms with van der Waals surface area (Å²) in [5.41, 5.74) is 2.80. The van der Waals surface area contributed by atoms with Crippen LogP contribution < -0.4 is 0 Å². The van der Waals surface area contributed by atoms with Crippen molar-refractivity contribution >= 4 is 63.7 Å². The topological polar surface area (TPSA) is 47.8 Å². The first-order valence-electron chi connectivity index (χ1n) is 9.76. The molecule has 0 saturated carbocycles. The number of rotatable bonds is 7. The predicted molar refractivity (Wildman–Crippen MR) is 135 cm³/mol. The maximum absolute atomic E-state index is 12.7. The molecule has 0 bridgehead atoms. The van der Waals surface area contributed by atoms with E-state index in [0.29, 0.717) is 35.8 Å². The summed E-state index contributed by atoms with van der Waals surface area (Å²) < 4.78 is 2.55. The highest BCUT2D eigenvalue weighted by Gasteiger charge is 2.22. The standard InChI is InChI=1S/C23H18Cl3N3OS2/c1-13(2)15-5-3-4-6-18(15)29-22(16-8-7-14(24)11-17(16)25)27-28-23(29)31-12-19(30)20-9-10-21(26)32-20/h3-11,13H,12H2,1-2H3. The Hall–Kier alpha value is -1.83. The van der Waals surface area contributed by atoms with E-state index in [4.69, 9.17) is 34.8 Å². The number of hydrogen-bond donors (Lipinski definition) is 0. The monoisotopic (exact) mass is 521 g/mol. The molecule has 9 heteroatoms. The fourth-order valence-corrected chi connectivity index (χ4v) is 5.66. The molecule has 4 rings (SSSR count). The van der Waals surface area contributed by atoms with Gasteiger partial charge in [0.05, 0.1) is 25.7 Å². The first-order chi connectivity index (χ1) is 15.3. The first-order valence-corrected chi connectivity index (χ1v) is 12.7. The van der Waals surface area contributed by atoms with Crippen LogP contribution in [0.3, 0.4) is 0 Å². The lowest BCUT2D eigenvalue weighted by Gasteiger charge is -2.17. The van der Waals surface area contributed by atoms with Crippen molar-refractivity contribution in [3.63, 3.8) is 0 Å². The fourth-order valence-electron chi connectivity index (χ4n) is 3.27. The third-order valence-electron chi connectivity index (χ3n) is 4.79. The minimum absolute atomic E-state index is 0.00956. The Morgan fingerprint density at radius 1 is 1.06 bits per heavy atom. The number of Topliss-reactive ketones (excluding diaryl/α,β-unsaturated/α-hetero) is 1. The Balaban J connectivity index is 1.79. The molecule has 4 nitrogen and oxygen atoms in total. The molecule has 0 aliphatic carbocycles. The molecule has 0 aliphatic heterocycles. The summed E-state index contributed by atoms with van der Waals surface area (Å²) in [7, 11) is 0. The predicted octanol–water partition coefficient (Wildman–Crippen LogP) is 8.05. The molecule has 0 atom stereocenters. The van der Waals surface area contributed by atoms with Crippen molar-refractivity contribution in [2.45, 2.75) is 24.9 Å². The summed E-state index contributed by atoms with van der Waals surface area (Å²) in [5.74, 6) is 1.07. The molecule has 0 aliphatic rings. The molecule has 2 aromatic heterocycles. The summed E-state index contributed by atoms with van der Waals surface area (Å²) in [5, 5.41) is 10.5. The van der Waals surface area contributed by atoms with E-state index in [1.165, 1.54) is 23.1 Å². The van der Waals surface area contributed by atoms with Crippen molar-refractivity contribution < 1.29 is 4.79 Å². The Bertz CT molecular complexity index is 1280. The van der Waals surface area contributed by atoms with Crippen LogP contribution >= 0.6 is 57.9 Å². The molecule has 2 aromatic carbocycles. The number of halogens is 3. The van der Waals surface area contributed by atoms with Crippen LogP contribution in [-0.2, 0) is 0 Å². The van der Waals surface area contributed by atoms with E-state index < -0.39 is 0 Å². The van der Waals surface area contributed by atoms with Crippen LogP contribution in [0.25, 0.3) is 17.1 Å². The minimum Gasteiger partial charge on any atom is -0.292 e. The number of carbonyl (C=O) groups is 1. The fraction of sp³-hybridized carbons (Fsp3) is 0.174. The molecule has 4 aromatic rings. The average Bonchev–Trinajstić information content (AvgIpc) is 3.38. The van der Waals surface area contributed by atoms with Crippen molar-refractivity contribution in [1.82, 2.24) is 14.8 Å². The number of carbonyl (C=O) groups excluding carboxylic acids is 1. The number of thiophene rings is 1. The van der Waals surface area contributed by atoms with Crippen molar-refractivity contribution in [3.05, 3.63) is 79.4 Å². The van der Waals surface area contributed by atoms with Gasteiger partial charge in [0.1, 0.15) is 0 Å². The maximum Gasteiger partial charge on any atom is 0.196 e. The first kappa shape index (κ1) is 23.3. The van der Waals surface area contributed by atoms with E-state index in [9.17, 15) is 4.79 Å². The molecule has 2 heterocycles. The van der Waals surface area contributed by atoms with Gasteiger partial charge in [-0.25, -0.2) is 0 Å². The van der Waals surface area contributed by atoms with Crippen LogP contribution in [0, 0.1) is 0 Å². The third kappa shape index (κ3) is 4.90. The van der Waals surface area contributed by atoms with Crippen LogP contribution in [0.1, 0.15) is 35.0 Å². The van der Waals surface area contributed by atoms with E-state index in [-0.39, 0.29) is 17.5 Å². The molecular formula is C23H18Cl3N3OS2. The zero-order valence-electron chi connectivity index (χ0n) is 17.2. The summed E-state index contributed by atoms with van der Waals surface area (Å²) >= 11 is 21.2. The second kappa shape index (κ2) is 9.98. The third-order valence-corrected chi connectivity index (χ3v) is 7.53. The molecule has 0 N–H and O–H groups in total. The summed E-state index contributed by atoms with van der Waals surface area (Å²) in [6, 6.07) is 16.8. The van der Waals surface area contributed by atoms with Gasteiger partial charge in [0, 0.05) is 10.6 Å². The molecule has 0 saturated heterocycles. The zero-order valence-corrected chi connectivity index (χ0v) is 21.1. The number of benzene rings is 2. The highest BCUT2D eigenvalue weighted by atomic mass is 35.5. The molecule has 32 heavy (non-hydrogen) atoms. The van der Waals surface area contributed by atoms with Crippen LogP contribution in [0.2, 0.25) is 14.4 Å². The van der Waals surface area contributed by atoms with Gasteiger partial charge in [-0.1, -0.05) is 78.6 Å². The van der Waals surface area contributed by atoms with E-state index in [1.54, 1.807) is 24.3 Å². The zero-order chi connectivity index (χ0) is 22.8. The lowest BCUT2D eigenvalue weighted by Crippen LogP contribution is -2.06. The van der Waals surface area contributed by atoms with Crippen LogP contribution in [0.15, 0.2) is 59.8 Å². The number of thioether (sulfide) groups is 1. The molecule has 0 spiro atoms. The highest BCUT2D eigenvalue weighted by molar-refractivity contribution is 7.99. The number of nitrogens with zero attached hydrogens (tertiary/aromatic N) is 3. The van der Waals surface area contributed by atoms with Crippen LogP contribution in [0.4, 0.5) is 0 Å². The van der Waals surface area contributed by atoms with E-state index in [2.05, 4.69) is 30.1 Å². The van der Waals surface area contributed by atoms with Gasteiger partial charge in [0.15, 0.2) is 16.8 Å². The average molecular weight is 523 g/mol. The molecule has 0 unspecified atom stereocenters. The van der Waals surface area contributed by atoms with Gasteiger partial charge in [-0.2, -0.15) is 0 Å². The Kier molecular flexibility index (Phi) is 7.27. The highest BCUT2D eigenvalue weighted by Crippen LogP contribution is 2.36. The Labute approximate surface area is 209 Å². The SMILES string of the molecule is CC(C)c1ccccc1-n1c(SCC(=O)c2ccc(Cl)s2)nnc1-c1ccc(Cl)cc1Cl. The van der Waals surface area contributed by atoms with E-state index >= 15 is 0 Å². The van der Waals surface area contributed by atoms with Crippen molar-refractivity contribution in [2.75, 3.05) is 5.75 Å². The lowest BCUT2D eigenvalue weighted by atomic mass is 10.0. The second-order valence-corrected chi connectivity index (χ2v) is 10.8. The quantitative estimate of drug-likeness (QED) is 0.182. The second-order valence-electron chi connectivity index (χ2n) is 7.29. The van der Waals surface area contributed by atoms with Gasteiger partial charge in [-0.15, -0.1) is 21.5 Å². The van der Waals surface area contributed by atoms with Gasteiger partial charge in [0.25, 0.3) is 0 Å². The Morgan fingerprint density at radius 2 is 1.84 bits per heavy atom. The number of hydrogen-bond acceptors (Lipinski definition) is 5. The van der Waals surface area contributed by atoms with Crippen molar-refractivity contribution in [2.24, 2.45) is 0 Å². The van der Waals surface area contributed by atoms with Gasteiger partial charge in [0.2, 0.25) is 0 Å². The van der Waals surface area contributed by atoms with Crippen LogP contribution in [0.5, 0.6) is 0 Å². The minimum atomic E-state index is -0.00956. The van der Waals surface area contributed by atoms with Crippen LogP contribution in [-0.4, -0.2) is 26.3 Å². The van der Waals surface area contributed by atoms with Gasteiger partial charge < -0.3 is 0 Å². The lowest BCUT2D eigenvalue weighted by molar-refractivity contribution is 0.102. The largest absolute Gasteiger partial charge is 0.292 e. The number of ketones is 1. The van der Waals surface area contributed by atoms with Crippen molar-refractivity contribution in [1.29, 1.82) is 0 Å².